The molecular weight excluding hydrogens is 474 g/mol. The van der Waals surface area contributed by atoms with Gasteiger partial charge < -0.3 is 24.3 Å². The third kappa shape index (κ3) is 5.04. The predicted octanol–water partition coefficient (Wildman–Crippen LogP) is 3.72. The number of carbonyl (C=O) groups excluding carboxylic acids is 2. The van der Waals surface area contributed by atoms with Gasteiger partial charge in [0.15, 0.2) is 23.0 Å². The van der Waals surface area contributed by atoms with E-state index in [0.29, 0.717) is 44.7 Å². The molecule has 2 N–H and O–H groups in total. The van der Waals surface area contributed by atoms with Crippen molar-refractivity contribution in [1.82, 2.24) is 10.7 Å². The molecule has 0 atom stereocenters. The fraction of sp³-hybridized carbons (Fsp3) is 0.0800. The molecule has 9 nitrogen and oxygen atoms in total. The lowest BCUT2D eigenvalue weighted by Crippen LogP contribution is -2.32. The number of hydrogen-bond acceptors (Lipinski definition) is 7. The van der Waals surface area contributed by atoms with Crippen molar-refractivity contribution in [3.05, 3.63) is 88.1 Å². The Hall–Kier alpha value is -4.50. The van der Waals surface area contributed by atoms with Crippen molar-refractivity contribution in [2.75, 3.05) is 13.6 Å². The summed E-state index contributed by atoms with van der Waals surface area (Å²) in [4.78, 5) is 25.7. The van der Waals surface area contributed by atoms with Gasteiger partial charge in [-0.15, -0.1) is 0 Å². The number of ether oxygens (including phenoxy) is 4. The van der Waals surface area contributed by atoms with Crippen LogP contribution in [0.4, 0.5) is 0 Å². The molecule has 0 fully saturated rings. The average Bonchev–Trinajstić information content (AvgIpc) is 3.52. The van der Waals surface area contributed by atoms with Crippen LogP contribution in [-0.4, -0.2) is 31.6 Å². The van der Waals surface area contributed by atoms with Gasteiger partial charge in [0, 0.05) is 17.2 Å². The normalized spacial score (nSPS) is 13.7. The molecule has 3 aromatic rings. The summed E-state index contributed by atoms with van der Waals surface area (Å²) in [5, 5.41) is 7.01. The van der Waals surface area contributed by atoms with Gasteiger partial charge in [-0.05, 0) is 42.0 Å². The van der Waals surface area contributed by atoms with Gasteiger partial charge in [0.1, 0.15) is 5.70 Å². The second kappa shape index (κ2) is 9.78. The molecular formula is C25H18ClN3O6. The quantitative estimate of drug-likeness (QED) is 0.309. The smallest absolute Gasteiger partial charge is 0.287 e. The first-order valence-corrected chi connectivity index (χ1v) is 10.8. The number of hydrogen-bond donors (Lipinski definition) is 2. The minimum atomic E-state index is -0.639. The van der Waals surface area contributed by atoms with E-state index in [9.17, 15) is 9.59 Å². The highest BCUT2D eigenvalue weighted by Gasteiger charge is 2.18. The molecule has 2 aliphatic rings. The molecule has 35 heavy (non-hydrogen) atoms. The Morgan fingerprint density at radius 1 is 0.857 bits per heavy atom. The highest BCUT2D eigenvalue weighted by molar-refractivity contribution is 6.33. The number of rotatable bonds is 6. The van der Waals surface area contributed by atoms with Crippen LogP contribution in [0.2, 0.25) is 5.02 Å². The van der Waals surface area contributed by atoms with E-state index in [4.69, 9.17) is 30.5 Å². The molecule has 0 radical (unpaired) electrons. The molecule has 2 aliphatic heterocycles. The number of hydrazone groups is 1. The van der Waals surface area contributed by atoms with E-state index in [2.05, 4.69) is 15.8 Å². The molecule has 0 spiro atoms. The lowest BCUT2D eigenvalue weighted by Gasteiger charge is -2.09. The van der Waals surface area contributed by atoms with E-state index < -0.39 is 11.8 Å². The molecule has 0 aromatic heterocycles. The van der Waals surface area contributed by atoms with Crippen LogP contribution in [0.5, 0.6) is 23.0 Å². The van der Waals surface area contributed by atoms with E-state index in [1.165, 1.54) is 12.3 Å². The zero-order chi connectivity index (χ0) is 24.2. The lowest BCUT2D eigenvalue weighted by molar-refractivity contribution is -0.117. The van der Waals surface area contributed by atoms with Gasteiger partial charge in [-0.3, -0.25) is 9.59 Å². The van der Waals surface area contributed by atoms with Crippen molar-refractivity contribution in [1.29, 1.82) is 0 Å². The molecule has 10 heteroatoms. The fourth-order valence-electron chi connectivity index (χ4n) is 3.36. The molecule has 0 saturated heterocycles. The van der Waals surface area contributed by atoms with Gasteiger partial charge in [-0.25, -0.2) is 5.43 Å². The van der Waals surface area contributed by atoms with Crippen LogP contribution in [0.1, 0.15) is 21.5 Å². The van der Waals surface area contributed by atoms with E-state index in [1.807, 2.05) is 0 Å². The summed E-state index contributed by atoms with van der Waals surface area (Å²) in [7, 11) is 0. The third-order valence-electron chi connectivity index (χ3n) is 5.10. The van der Waals surface area contributed by atoms with Crippen LogP contribution in [0.25, 0.3) is 6.08 Å². The van der Waals surface area contributed by atoms with Crippen LogP contribution in [-0.2, 0) is 4.79 Å². The number of fused-ring (bicyclic) bond motifs is 2. The zero-order valence-corrected chi connectivity index (χ0v) is 18.9. The summed E-state index contributed by atoms with van der Waals surface area (Å²) >= 11 is 6.25. The number of amides is 2. The maximum Gasteiger partial charge on any atom is 0.287 e. The second-order valence-electron chi connectivity index (χ2n) is 7.42. The Balaban J connectivity index is 1.37. The summed E-state index contributed by atoms with van der Waals surface area (Å²) in [5.41, 5.74) is 3.93. The van der Waals surface area contributed by atoms with Crippen LogP contribution in [0, 0.1) is 0 Å². The maximum atomic E-state index is 13.0. The minimum absolute atomic E-state index is 0.0216. The first-order valence-electron chi connectivity index (χ1n) is 10.5. The molecule has 0 saturated carbocycles. The summed E-state index contributed by atoms with van der Waals surface area (Å²) in [5.74, 6) is 1.13. The van der Waals surface area contributed by atoms with Crippen molar-refractivity contribution in [2.45, 2.75) is 0 Å². The molecule has 5 rings (SSSR count). The van der Waals surface area contributed by atoms with Gasteiger partial charge in [-0.2, -0.15) is 5.10 Å². The van der Waals surface area contributed by atoms with Gasteiger partial charge in [0.2, 0.25) is 13.6 Å². The Labute approximate surface area is 204 Å². The number of benzene rings is 3. The van der Waals surface area contributed by atoms with Crippen molar-refractivity contribution >= 4 is 35.7 Å². The zero-order valence-electron chi connectivity index (χ0n) is 18.1. The summed E-state index contributed by atoms with van der Waals surface area (Å²) in [6.45, 7) is 0.232. The van der Waals surface area contributed by atoms with E-state index in [-0.39, 0.29) is 19.3 Å². The topological polar surface area (TPSA) is 107 Å². The molecule has 0 aliphatic carbocycles. The van der Waals surface area contributed by atoms with Crippen molar-refractivity contribution < 1.29 is 28.5 Å². The number of nitrogens with one attached hydrogen (secondary N) is 2. The molecule has 0 unspecified atom stereocenters. The maximum absolute atomic E-state index is 13.0. The number of nitrogens with zero attached hydrogens (tertiary/aromatic N) is 1. The first-order chi connectivity index (χ1) is 17.1. The van der Waals surface area contributed by atoms with E-state index >= 15 is 0 Å². The largest absolute Gasteiger partial charge is 0.454 e. The SMILES string of the molecule is O=C(N/N=C\c1cc2c(cc1Cl)OCO2)/C(=C/c1ccc2c(c1)OCO2)NC(=O)c1ccccc1. The van der Waals surface area contributed by atoms with Crippen molar-refractivity contribution in [3.8, 4) is 23.0 Å². The first kappa shape index (κ1) is 22.3. The Morgan fingerprint density at radius 3 is 2.31 bits per heavy atom. The van der Waals surface area contributed by atoms with E-state index in [1.54, 1.807) is 60.7 Å². The molecule has 2 heterocycles. The fourth-order valence-corrected chi connectivity index (χ4v) is 3.57. The summed E-state index contributed by atoms with van der Waals surface area (Å²) in [6, 6.07) is 17.0. The van der Waals surface area contributed by atoms with E-state index in [0.717, 1.165) is 0 Å². The van der Waals surface area contributed by atoms with Crippen LogP contribution in [0.3, 0.4) is 0 Å². The molecule has 2 amide bonds. The Bertz CT molecular complexity index is 1360. The lowest BCUT2D eigenvalue weighted by atomic mass is 10.1. The Morgan fingerprint density at radius 2 is 1.54 bits per heavy atom. The molecule has 0 bridgehead atoms. The average molecular weight is 492 g/mol. The van der Waals surface area contributed by atoms with Crippen LogP contribution in [0.15, 0.2) is 71.5 Å². The van der Waals surface area contributed by atoms with Crippen LogP contribution >= 0.6 is 11.6 Å². The molecule has 3 aromatic carbocycles. The Kier molecular flexibility index (Phi) is 6.23. The third-order valence-corrected chi connectivity index (χ3v) is 5.43. The highest BCUT2D eigenvalue weighted by Crippen LogP contribution is 2.36. The summed E-state index contributed by atoms with van der Waals surface area (Å²) in [6.07, 6.45) is 2.89. The van der Waals surface area contributed by atoms with Crippen molar-refractivity contribution in [3.63, 3.8) is 0 Å². The van der Waals surface area contributed by atoms with Gasteiger partial charge >= 0.3 is 0 Å². The summed E-state index contributed by atoms with van der Waals surface area (Å²) < 4.78 is 21.3. The number of halogens is 1. The predicted molar refractivity (Wildman–Crippen MR) is 128 cm³/mol. The molecule has 176 valence electrons. The van der Waals surface area contributed by atoms with Crippen molar-refractivity contribution in [2.24, 2.45) is 5.10 Å². The minimum Gasteiger partial charge on any atom is -0.454 e. The number of carbonyl (C=O) groups is 2. The van der Waals surface area contributed by atoms with Gasteiger partial charge in [-0.1, -0.05) is 35.9 Å². The second-order valence-corrected chi connectivity index (χ2v) is 7.82. The van der Waals surface area contributed by atoms with Crippen LogP contribution < -0.4 is 29.7 Å². The standard InChI is InChI=1S/C25H18ClN3O6/c26-18-11-23-22(34-14-35-23)10-17(18)12-27-29-25(31)19(28-24(30)16-4-2-1-3-5-16)8-15-6-7-20-21(9-15)33-13-32-20/h1-12H,13-14H2,(H,28,30)(H,29,31)/b19-8-,27-12-. The monoisotopic (exact) mass is 491 g/mol. The van der Waals surface area contributed by atoms with Gasteiger partial charge in [0.05, 0.1) is 11.2 Å². The highest BCUT2D eigenvalue weighted by atomic mass is 35.5. The van der Waals surface area contributed by atoms with Gasteiger partial charge in [0.25, 0.3) is 11.8 Å².